The van der Waals surface area contributed by atoms with Crippen LogP contribution in [0.2, 0.25) is 0 Å². The van der Waals surface area contributed by atoms with E-state index < -0.39 is 17.5 Å². The first-order valence-corrected chi connectivity index (χ1v) is 13.2. The van der Waals surface area contributed by atoms with Crippen LogP contribution in [-0.4, -0.2) is 18.2 Å². The zero-order valence-corrected chi connectivity index (χ0v) is 22.1. The highest BCUT2D eigenvalue weighted by molar-refractivity contribution is 5.65. The Kier molecular flexibility index (Phi) is 9.79. The molecule has 0 aliphatic carbocycles. The Labute approximate surface area is 228 Å². The van der Waals surface area contributed by atoms with Gasteiger partial charge in [0.25, 0.3) is 0 Å². The van der Waals surface area contributed by atoms with Gasteiger partial charge >= 0.3 is 0 Å². The molecule has 0 saturated carbocycles. The SMILES string of the molecule is C=CCCOc1ccc(-c2ccc(CCc3ccc(-c4ccc(OCCCC)nc4)c(F)c3F)cc2)cc1F. The Morgan fingerprint density at radius 3 is 2.26 bits per heavy atom. The van der Waals surface area contributed by atoms with E-state index in [4.69, 9.17) is 9.47 Å². The molecule has 0 fully saturated rings. The van der Waals surface area contributed by atoms with Crippen LogP contribution in [-0.2, 0) is 12.8 Å². The van der Waals surface area contributed by atoms with E-state index in [1.807, 2.05) is 30.3 Å². The number of benzene rings is 3. The lowest BCUT2D eigenvalue weighted by atomic mass is 9.98. The molecule has 0 bridgehead atoms. The Balaban J connectivity index is 1.38. The smallest absolute Gasteiger partial charge is 0.213 e. The van der Waals surface area contributed by atoms with E-state index in [0.29, 0.717) is 49.5 Å². The van der Waals surface area contributed by atoms with Gasteiger partial charge in [-0.2, -0.15) is 0 Å². The molecule has 0 aliphatic heterocycles. The van der Waals surface area contributed by atoms with Gasteiger partial charge in [-0.05, 0) is 66.1 Å². The first kappa shape index (κ1) is 28.0. The third kappa shape index (κ3) is 7.29. The quantitative estimate of drug-likeness (QED) is 0.128. The second-order valence-electron chi connectivity index (χ2n) is 9.26. The predicted molar refractivity (Wildman–Crippen MR) is 150 cm³/mol. The van der Waals surface area contributed by atoms with Crippen LogP contribution in [0.25, 0.3) is 22.3 Å². The summed E-state index contributed by atoms with van der Waals surface area (Å²) in [5.74, 6) is -1.48. The molecule has 4 rings (SSSR count). The van der Waals surface area contributed by atoms with Crippen molar-refractivity contribution in [2.24, 2.45) is 0 Å². The summed E-state index contributed by atoms with van der Waals surface area (Å²) < 4.78 is 55.2. The fourth-order valence-corrected chi connectivity index (χ4v) is 4.14. The average molecular weight is 532 g/mol. The Morgan fingerprint density at radius 2 is 1.56 bits per heavy atom. The average Bonchev–Trinajstić information content (AvgIpc) is 2.96. The fraction of sp³-hybridized carbons (Fsp3) is 0.242. The monoisotopic (exact) mass is 531 g/mol. The van der Waals surface area contributed by atoms with Crippen LogP contribution in [0, 0.1) is 17.5 Å². The molecule has 1 heterocycles. The van der Waals surface area contributed by atoms with E-state index >= 15 is 0 Å². The molecule has 3 nitrogen and oxygen atoms in total. The summed E-state index contributed by atoms with van der Waals surface area (Å²) in [5.41, 5.74) is 3.51. The van der Waals surface area contributed by atoms with Crippen LogP contribution in [0.15, 0.2) is 85.6 Å². The fourth-order valence-electron chi connectivity index (χ4n) is 4.14. The summed E-state index contributed by atoms with van der Waals surface area (Å²) >= 11 is 0. The summed E-state index contributed by atoms with van der Waals surface area (Å²) in [6, 6.07) is 19.1. The van der Waals surface area contributed by atoms with Crippen molar-refractivity contribution in [3.63, 3.8) is 0 Å². The topological polar surface area (TPSA) is 31.4 Å². The summed E-state index contributed by atoms with van der Waals surface area (Å²) in [4.78, 5) is 4.21. The third-order valence-corrected chi connectivity index (χ3v) is 6.44. The molecule has 0 spiro atoms. The number of nitrogens with zero attached hydrogens (tertiary/aromatic N) is 1. The number of hydrogen-bond acceptors (Lipinski definition) is 3. The van der Waals surface area contributed by atoms with E-state index in [9.17, 15) is 13.2 Å². The highest BCUT2D eigenvalue weighted by Gasteiger charge is 2.15. The molecule has 0 unspecified atom stereocenters. The lowest BCUT2D eigenvalue weighted by Gasteiger charge is -2.11. The van der Waals surface area contributed by atoms with Gasteiger partial charge in [0.15, 0.2) is 23.2 Å². The van der Waals surface area contributed by atoms with E-state index in [0.717, 1.165) is 29.5 Å². The van der Waals surface area contributed by atoms with Crippen molar-refractivity contribution >= 4 is 0 Å². The maximum absolute atomic E-state index is 14.9. The van der Waals surface area contributed by atoms with Crippen molar-refractivity contribution in [3.8, 4) is 33.9 Å². The molecule has 0 aliphatic rings. The second-order valence-corrected chi connectivity index (χ2v) is 9.26. The van der Waals surface area contributed by atoms with Crippen LogP contribution in [0.1, 0.15) is 37.3 Å². The minimum Gasteiger partial charge on any atom is -0.490 e. The van der Waals surface area contributed by atoms with Crippen molar-refractivity contribution in [2.45, 2.75) is 39.0 Å². The van der Waals surface area contributed by atoms with Crippen LogP contribution in [0.3, 0.4) is 0 Å². The summed E-state index contributed by atoms with van der Waals surface area (Å²) in [6.07, 6.45) is 6.68. The standard InChI is InChI=1S/C33H32F3NO2/c1-3-5-19-38-30-17-14-26(21-29(30)34)24-10-7-23(8-11-24)9-12-25-13-16-28(33(36)32(25)35)27-15-18-31(37-22-27)39-20-6-4-2/h3,7-8,10-11,13-18,21-22H,1,4-6,9,12,19-20H2,2H3. The van der Waals surface area contributed by atoms with E-state index in [1.165, 1.54) is 12.3 Å². The number of aromatic nitrogens is 1. The molecular weight excluding hydrogens is 499 g/mol. The molecule has 39 heavy (non-hydrogen) atoms. The van der Waals surface area contributed by atoms with Crippen LogP contribution >= 0.6 is 0 Å². The van der Waals surface area contributed by atoms with Gasteiger partial charge in [-0.25, -0.2) is 18.2 Å². The number of unbranched alkanes of at least 4 members (excludes halogenated alkanes) is 1. The van der Waals surface area contributed by atoms with E-state index in [-0.39, 0.29) is 11.3 Å². The molecule has 1 aromatic heterocycles. The third-order valence-electron chi connectivity index (χ3n) is 6.44. The van der Waals surface area contributed by atoms with Gasteiger partial charge in [-0.15, -0.1) is 6.58 Å². The molecule has 0 amide bonds. The number of rotatable bonds is 13. The number of pyridine rings is 1. The lowest BCUT2D eigenvalue weighted by molar-refractivity contribution is 0.298. The first-order chi connectivity index (χ1) is 19.0. The Bertz CT molecular complexity index is 1390. The van der Waals surface area contributed by atoms with Gasteiger partial charge in [0.1, 0.15) is 0 Å². The van der Waals surface area contributed by atoms with E-state index in [1.54, 1.807) is 36.4 Å². The maximum Gasteiger partial charge on any atom is 0.213 e. The van der Waals surface area contributed by atoms with Gasteiger partial charge < -0.3 is 9.47 Å². The highest BCUT2D eigenvalue weighted by Crippen LogP contribution is 2.29. The maximum atomic E-state index is 14.9. The molecule has 3 aromatic carbocycles. The van der Waals surface area contributed by atoms with Gasteiger partial charge in [0.05, 0.1) is 13.2 Å². The van der Waals surface area contributed by atoms with Gasteiger partial charge in [-0.1, -0.05) is 61.9 Å². The summed E-state index contributed by atoms with van der Waals surface area (Å²) in [5, 5.41) is 0. The van der Waals surface area contributed by atoms with Crippen LogP contribution < -0.4 is 9.47 Å². The summed E-state index contributed by atoms with van der Waals surface area (Å²) in [7, 11) is 0. The van der Waals surface area contributed by atoms with Crippen molar-refractivity contribution in [1.82, 2.24) is 4.98 Å². The molecule has 0 radical (unpaired) electrons. The van der Waals surface area contributed by atoms with Gasteiger partial charge in [0.2, 0.25) is 5.88 Å². The van der Waals surface area contributed by atoms with Crippen LogP contribution in [0.5, 0.6) is 11.6 Å². The molecule has 0 atom stereocenters. The number of ether oxygens (including phenoxy) is 2. The molecule has 0 N–H and O–H groups in total. The molecule has 4 aromatic rings. The highest BCUT2D eigenvalue weighted by atomic mass is 19.2. The number of aryl methyl sites for hydroxylation is 2. The number of hydrogen-bond donors (Lipinski definition) is 0. The van der Waals surface area contributed by atoms with Crippen LogP contribution in [0.4, 0.5) is 13.2 Å². The van der Waals surface area contributed by atoms with Gasteiger partial charge in [0, 0.05) is 23.4 Å². The first-order valence-electron chi connectivity index (χ1n) is 13.2. The lowest BCUT2D eigenvalue weighted by Crippen LogP contribution is -2.01. The number of halogens is 3. The van der Waals surface area contributed by atoms with Crippen molar-refractivity contribution in [2.75, 3.05) is 13.2 Å². The van der Waals surface area contributed by atoms with Crippen molar-refractivity contribution < 1.29 is 22.6 Å². The zero-order valence-electron chi connectivity index (χ0n) is 22.1. The summed E-state index contributed by atoms with van der Waals surface area (Å²) in [6.45, 7) is 6.64. The Morgan fingerprint density at radius 1 is 0.795 bits per heavy atom. The molecule has 6 heteroatoms. The minimum atomic E-state index is -0.886. The normalized spacial score (nSPS) is 10.9. The zero-order chi connectivity index (χ0) is 27.6. The second kappa shape index (κ2) is 13.7. The Hall–Kier alpha value is -4.06. The van der Waals surface area contributed by atoms with Gasteiger partial charge in [-0.3, -0.25) is 0 Å². The van der Waals surface area contributed by atoms with Crippen molar-refractivity contribution in [3.05, 3.63) is 114 Å². The molecule has 202 valence electrons. The predicted octanol–water partition coefficient (Wildman–Crippen LogP) is 8.75. The van der Waals surface area contributed by atoms with Crippen molar-refractivity contribution in [1.29, 1.82) is 0 Å². The molecule has 0 saturated heterocycles. The largest absolute Gasteiger partial charge is 0.490 e. The molecular formula is C33H32F3NO2. The van der Waals surface area contributed by atoms with E-state index in [2.05, 4.69) is 18.5 Å². The minimum absolute atomic E-state index is 0.164.